The summed E-state index contributed by atoms with van der Waals surface area (Å²) in [5.41, 5.74) is 6.98. The molecule has 1 aliphatic heterocycles. The lowest BCUT2D eigenvalue weighted by atomic mass is 10.2. The molecule has 2 rings (SSSR count). The molecule has 4 nitrogen and oxygen atoms in total. The van der Waals surface area contributed by atoms with Crippen LogP contribution in [0.3, 0.4) is 0 Å². The van der Waals surface area contributed by atoms with Gasteiger partial charge in [0, 0.05) is 32.7 Å². The smallest absolute Gasteiger partial charge is 0.239 e. The number of amides is 1. The molecule has 19 heavy (non-hydrogen) atoms. The van der Waals surface area contributed by atoms with Crippen molar-refractivity contribution in [2.75, 3.05) is 20.1 Å². The van der Waals surface area contributed by atoms with Crippen LogP contribution in [-0.4, -0.2) is 47.9 Å². The monoisotopic (exact) mass is 261 g/mol. The van der Waals surface area contributed by atoms with E-state index in [1.165, 1.54) is 5.56 Å². The Labute approximate surface area is 115 Å². The molecule has 1 heterocycles. The van der Waals surface area contributed by atoms with Crippen LogP contribution in [0.1, 0.15) is 18.9 Å². The fourth-order valence-corrected chi connectivity index (χ4v) is 2.61. The number of carbonyl (C=O) groups is 1. The van der Waals surface area contributed by atoms with Gasteiger partial charge in [0.05, 0.1) is 6.04 Å². The van der Waals surface area contributed by atoms with Gasteiger partial charge in [0.1, 0.15) is 0 Å². The first kappa shape index (κ1) is 14.0. The van der Waals surface area contributed by atoms with Gasteiger partial charge in [-0.2, -0.15) is 0 Å². The third-order valence-corrected chi connectivity index (χ3v) is 3.78. The maximum atomic E-state index is 11.9. The van der Waals surface area contributed by atoms with Gasteiger partial charge in [-0.1, -0.05) is 30.3 Å². The minimum absolute atomic E-state index is 0.0339. The second kappa shape index (κ2) is 6.17. The Morgan fingerprint density at radius 3 is 2.79 bits per heavy atom. The van der Waals surface area contributed by atoms with E-state index in [0.29, 0.717) is 6.04 Å². The first-order chi connectivity index (χ1) is 9.08. The van der Waals surface area contributed by atoms with Crippen LogP contribution in [0.4, 0.5) is 0 Å². The molecule has 1 fully saturated rings. The topological polar surface area (TPSA) is 49.6 Å². The zero-order valence-electron chi connectivity index (χ0n) is 11.7. The zero-order valence-corrected chi connectivity index (χ0v) is 11.7. The van der Waals surface area contributed by atoms with Gasteiger partial charge in [0.15, 0.2) is 0 Å². The van der Waals surface area contributed by atoms with Crippen LogP contribution in [0, 0.1) is 0 Å². The zero-order chi connectivity index (χ0) is 13.8. The van der Waals surface area contributed by atoms with Crippen molar-refractivity contribution in [3.8, 4) is 0 Å². The minimum atomic E-state index is -0.409. The summed E-state index contributed by atoms with van der Waals surface area (Å²) >= 11 is 0. The molecule has 0 bridgehead atoms. The van der Waals surface area contributed by atoms with Gasteiger partial charge in [-0.25, -0.2) is 0 Å². The Morgan fingerprint density at radius 1 is 1.47 bits per heavy atom. The van der Waals surface area contributed by atoms with E-state index in [9.17, 15) is 4.79 Å². The van der Waals surface area contributed by atoms with E-state index < -0.39 is 6.04 Å². The van der Waals surface area contributed by atoms with Gasteiger partial charge in [-0.3, -0.25) is 9.69 Å². The summed E-state index contributed by atoms with van der Waals surface area (Å²) in [7, 11) is 1.86. The van der Waals surface area contributed by atoms with Crippen molar-refractivity contribution in [1.29, 1.82) is 0 Å². The van der Waals surface area contributed by atoms with E-state index in [1.54, 1.807) is 6.92 Å². The summed E-state index contributed by atoms with van der Waals surface area (Å²) in [6.45, 7) is 4.67. The number of rotatable bonds is 4. The molecule has 2 N–H and O–H groups in total. The van der Waals surface area contributed by atoms with Crippen LogP contribution in [-0.2, 0) is 11.3 Å². The fraction of sp³-hybridized carbons (Fsp3) is 0.533. The van der Waals surface area contributed by atoms with Crippen molar-refractivity contribution >= 4 is 5.91 Å². The molecule has 0 saturated carbocycles. The van der Waals surface area contributed by atoms with Gasteiger partial charge < -0.3 is 10.6 Å². The summed E-state index contributed by atoms with van der Waals surface area (Å²) in [5.74, 6) is 0.0339. The highest BCUT2D eigenvalue weighted by molar-refractivity contribution is 5.81. The van der Waals surface area contributed by atoms with Crippen molar-refractivity contribution in [2.45, 2.75) is 32.0 Å². The molecule has 1 aromatic rings. The largest absolute Gasteiger partial charge is 0.340 e. The second-order valence-electron chi connectivity index (χ2n) is 5.40. The standard InChI is InChI=1S/C15H23N3O/c1-12(16)15(19)17(2)14-8-9-18(11-14)10-13-6-4-3-5-7-13/h3-7,12,14H,8-11,16H2,1-2H3/t12-,14?/m1/s1. The first-order valence-corrected chi connectivity index (χ1v) is 6.86. The molecule has 2 atom stereocenters. The van der Waals surface area contributed by atoms with Crippen LogP contribution in [0.25, 0.3) is 0 Å². The van der Waals surface area contributed by atoms with Crippen molar-refractivity contribution in [1.82, 2.24) is 9.80 Å². The number of nitrogens with zero attached hydrogens (tertiary/aromatic N) is 2. The molecule has 0 aliphatic carbocycles. The predicted octanol–water partition coefficient (Wildman–Crippen LogP) is 1.07. The molecule has 1 aromatic carbocycles. The number of likely N-dealkylation sites (N-methyl/N-ethyl adjacent to an activating group) is 1. The van der Waals surface area contributed by atoms with E-state index in [2.05, 4.69) is 29.2 Å². The Bertz CT molecular complexity index is 419. The maximum Gasteiger partial charge on any atom is 0.239 e. The first-order valence-electron chi connectivity index (χ1n) is 6.86. The summed E-state index contributed by atoms with van der Waals surface area (Å²) in [6, 6.07) is 10.3. The van der Waals surface area contributed by atoms with E-state index in [1.807, 2.05) is 18.0 Å². The van der Waals surface area contributed by atoms with Crippen LogP contribution >= 0.6 is 0 Å². The molecular formula is C15H23N3O. The molecule has 1 saturated heterocycles. The Balaban J connectivity index is 1.88. The van der Waals surface area contributed by atoms with E-state index in [4.69, 9.17) is 5.73 Å². The number of nitrogens with two attached hydrogens (primary N) is 1. The number of hydrogen-bond acceptors (Lipinski definition) is 3. The Kier molecular flexibility index (Phi) is 4.56. The second-order valence-corrected chi connectivity index (χ2v) is 5.40. The highest BCUT2D eigenvalue weighted by atomic mass is 16.2. The minimum Gasteiger partial charge on any atom is -0.340 e. The highest BCUT2D eigenvalue weighted by Crippen LogP contribution is 2.17. The number of benzene rings is 1. The lowest BCUT2D eigenvalue weighted by Crippen LogP contribution is -2.46. The van der Waals surface area contributed by atoms with Crippen molar-refractivity contribution < 1.29 is 4.79 Å². The van der Waals surface area contributed by atoms with Gasteiger partial charge >= 0.3 is 0 Å². The van der Waals surface area contributed by atoms with Gasteiger partial charge in [-0.05, 0) is 18.9 Å². The number of hydrogen-bond donors (Lipinski definition) is 1. The summed E-state index contributed by atoms with van der Waals surface area (Å²) in [5, 5.41) is 0. The van der Waals surface area contributed by atoms with Crippen LogP contribution in [0.2, 0.25) is 0 Å². The van der Waals surface area contributed by atoms with Gasteiger partial charge in [-0.15, -0.1) is 0 Å². The SMILES string of the molecule is C[C@@H](N)C(=O)N(C)C1CCN(Cc2ccccc2)C1. The predicted molar refractivity (Wildman–Crippen MR) is 76.5 cm³/mol. The molecule has 1 aliphatic rings. The van der Waals surface area contributed by atoms with Crippen molar-refractivity contribution in [3.63, 3.8) is 0 Å². The quantitative estimate of drug-likeness (QED) is 0.882. The summed E-state index contributed by atoms with van der Waals surface area (Å²) in [4.78, 5) is 16.1. The van der Waals surface area contributed by atoms with Crippen molar-refractivity contribution in [3.05, 3.63) is 35.9 Å². The lowest BCUT2D eigenvalue weighted by molar-refractivity contribution is -0.132. The van der Waals surface area contributed by atoms with Crippen LogP contribution < -0.4 is 5.73 Å². The maximum absolute atomic E-state index is 11.9. The van der Waals surface area contributed by atoms with Gasteiger partial charge in [0.2, 0.25) is 5.91 Å². The average molecular weight is 261 g/mol. The van der Waals surface area contributed by atoms with Crippen LogP contribution in [0.5, 0.6) is 0 Å². The third kappa shape index (κ3) is 3.55. The van der Waals surface area contributed by atoms with Gasteiger partial charge in [0.25, 0.3) is 0 Å². The summed E-state index contributed by atoms with van der Waals surface area (Å²) < 4.78 is 0. The van der Waals surface area contributed by atoms with Crippen molar-refractivity contribution in [2.24, 2.45) is 5.73 Å². The molecule has 0 radical (unpaired) electrons. The number of carbonyl (C=O) groups excluding carboxylic acids is 1. The molecule has 4 heteroatoms. The van der Waals surface area contributed by atoms with E-state index >= 15 is 0 Å². The normalized spacial score (nSPS) is 21.3. The number of likely N-dealkylation sites (tertiary alicyclic amines) is 1. The lowest BCUT2D eigenvalue weighted by Gasteiger charge is -2.26. The average Bonchev–Trinajstić information content (AvgIpc) is 2.86. The molecule has 0 spiro atoms. The Morgan fingerprint density at radius 2 is 2.16 bits per heavy atom. The third-order valence-electron chi connectivity index (χ3n) is 3.78. The fourth-order valence-electron chi connectivity index (χ4n) is 2.61. The molecule has 1 unspecified atom stereocenters. The Hall–Kier alpha value is -1.39. The highest BCUT2D eigenvalue weighted by Gasteiger charge is 2.29. The molecule has 0 aromatic heterocycles. The van der Waals surface area contributed by atoms with E-state index in [0.717, 1.165) is 26.1 Å². The molecule has 1 amide bonds. The van der Waals surface area contributed by atoms with E-state index in [-0.39, 0.29) is 5.91 Å². The van der Waals surface area contributed by atoms with Crippen LogP contribution in [0.15, 0.2) is 30.3 Å². The molecular weight excluding hydrogens is 238 g/mol. The summed E-state index contributed by atoms with van der Waals surface area (Å²) in [6.07, 6.45) is 1.03. The molecule has 104 valence electrons.